The highest BCUT2D eigenvalue weighted by Crippen LogP contribution is 2.10. The SMILES string of the molecule is N#Cc1ccc(C(=O)N2CCC(=O)CC2)nc1. The maximum absolute atomic E-state index is 12.0. The Morgan fingerprint density at radius 1 is 1.35 bits per heavy atom. The van der Waals surface area contributed by atoms with Gasteiger partial charge in [-0.15, -0.1) is 0 Å². The van der Waals surface area contributed by atoms with Crippen molar-refractivity contribution in [2.75, 3.05) is 13.1 Å². The summed E-state index contributed by atoms with van der Waals surface area (Å²) in [5.41, 5.74) is 0.744. The Labute approximate surface area is 98.7 Å². The zero-order valence-corrected chi connectivity index (χ0v) is 9.22. The Balaban J connectivity index is 2.09. The number of aromatic nitrogens is 1. The van der Waals surface area contributed by atoms with E-state index in [0.717, 1.165) is 0 Å². The molecule has 0 aromatic carbocycles. The molecule has 1 aromatic rings. The first-order chi connectivity index (χ1) is 8.20. The van der Waals surface area contributed by atoms with Crippen LogP contribution in [0.2, 0.25) is 0 Å². The number of nitrogens with zero attached hydrogens (tertiary/aromatic N) is 3. The van der Waals surface area contributed by atoms with Crippen molar-refractivity contribution in [3.63, 3.8) is 0 Å². The molecule has 5 nitrogen and oxygen atoms in total. The molecule has 0 radical (unpaired) electrons. The highest BCUT2D eigenvalue weighted by Gasteiger charge is 2.22. The molecule has 1 aliphatic heterocycles. The van der Waals surface area contributed by atoms with Crippen LogP contribution in [0.1, 0.15) is 28.9 Å². The molecular weight excluding hydrogens is 218 g/mol. The van der Waals surface area contributed by atoms with E-state index in [-0.39, 0.29) is 11.7 Å². The van der Waals surface area contributed by atoms with Gasteiger partial charge in [-0.05, 0) is 12.1 Å². The number of carbonyl (C=O) groups excluding carboxylic acids is 2. The molecule has 0 saturated carbocycles. The predicted molar refractivity (Wildman–Crippen MR) is 59.1 cm³/mol. The standard InChI is InChI=1S/C12H11N3O2/c13-7-9-1-2-11(14-8-9)12(17)15-5-3-10(16)4-6-15/h1-2,8H,3-6H2. The summed E-state index contributed by atoms with van der Waals surface area (Å²) in [6.45, 7) is 0.915. The Hall–Kier alpha value is -2.22. The Kier molecular flexibility index (Phi) is 3.15. The van der Waals surface area contributed by atoms with Crippen LogP contribution in [0.5, 0.6) is 0 Å². The lowest BCUT2D eigenvalue weighted by molar-refractivity contribution is -0.120. The lowest BCUT2D eigenvalue weighted by Gasteiger charge is -2.25. The average molecular weight is 229 g/mol. The van der Waals surface area contributed by atoms with Gasteiger partial charge in [-0.1, -0.05) is 0 Å². The molecule has 86 valence electrons. The Bertz CT molecular complexity index is 477. The smallest absolute Gasteiger partial charge is 0.272 e. The van der Waals surface area contributed by atoms with Crippen LogP contribution in [-0.4, -0.2) is 34.7 Å². The van der Waals surface area contributed by atoms with Crippen LogP contribution < -0.4 is 0 Å². The molecule has 1 saturated heterocycles. The number of Topliss-reactive ketones (excluding diaryl/α,β-unsaturated/α-hetero) is 1. The van der Waals surface area contributed by atoms with Gasteiger partial charge in [0.05, 0.1) is 5.56 Å². The van der Waals surface area contributed by atoms with Crippen LogP contribution in [0.4, 0.5) is 0 Å². The van der Waals surface area contributed by atoms with Crippen LogP contribution >= 0.6 is 0 Å². The maximum atomic E-state index is 12.0. The normalized spacial score (nSPS) is 15.5. The first-order valence-corrected chi connectivity index (χ1v) is 5.38. The number of hydrogen-bond donors (Lipinski definition) is 0. The molecule has 0 aliphatic carbocycles. The summed E-state index contributed by atoms with van der Waals surface area (Å²) in [6.07, 6.45) is 2.21. The third-order valence-electron chi connectivity index (χ3n) is 2.72. The molecule has 1 aliphatic rings. The van der Waals surface area contributed by atoms with Crippen LogP contribution in [0.3, 0.4) is 0 Å². The van der Waals surface area contributed by atoms with Gasteiger partial charge in [0.1, 0.15) is 17.5 Å². The summed E-state index contributed by atoms with van der Waals surface area (Å²) in [6, 6.07) is 5.05. The number of nitriles is 1. The number of ketones is 1. The van der Waals surface area contributed by atoms with E-state index in [1.54, 1.807) is 11.0 Å². The van der Waals surface area contributed by atoms with E-state index in [2.05, 4.69) is 4.98 Å². The molecule has 1 fully saturated rings. The Morgan fingerprint density at radius 3 is 2.59 bits per heavy atom. The summed E-state index contributed by atoms with van der Waals surface area (Å²) in [5, 5.41) is 8.62. The monoisotopic (exact) mass is 229 g/mol. The number of amides is 1. The summed E-state index contributed by atoms with van der Waals surface area (Å²) in [7, 11) is 0. The van der Waals surface area contributed by atoms with Gasteiger partial charge in [0.25, 0.3) is 5.91 Å². The van der Waals surface area contributed by atoms with Crippen molar-refractivity contribution < 1.29 is 9.59 Å². The molecule has 5 heteroatoms. The van der Waals surface area contributed by atoms with Crippen molar-refractivity contribution in [2.24, 2.45) is 0 Å². The number of piperidine rings is 1. The molecule has 2 heterocycles. The van der Waals surface area contributed by atoms with Gasteiger partial charge in [0, 0.05) is 32.1 Å². The van der Waals surface area contributed by atoms with Crippen LogP contribution in [0.15, 0.2) is 18.3 Å². The van der Waals surface area contributed by atoms with E-state index in [4.69, 9.17) is 5.26 Å². The Morgan fingerprint density at radius 2 is 2.06 bits per heavy atom. The lowest BCUT2D eigenvalue weighted by atomic mass is 10.1. The van der Waals surface area contributed by atoms with Gasteiger partial charge in [-0.3, -0.25) is 9.59 Å². The van der Waals surface area contributed by atoms with Crippen molar-refractivity contribution >= 4 is 11.7 Å². The number of carbonyl (C=O) groups is 2. The van der Waals surface area contributed by atoms with Crippen molar-refractivity contribution in [3.05, 3.63) is 29.6 Å². The highest BCUT2D eigenvalue weighted by molar-refractivity contribution is 5.93. The van der Waals surface area contributed by atoms with E-state index in [9.17, 15) is 9.59 Å². The average Bonchev–Trinajstić information content (AvgIpc) is 2.39. The zero-order valence-electron chi connectivity index (χ0n) is 9.22. The number of rotatable bonds is 1. The quantitative estimate of drug-likeness (QED) is 0.712. The summed E-state index contributed by atoms with van der Waals surface area (Å²) < 4.78 is 0. The van der Waals surface area contributed by atoms with Crippen molar-refractivity contribution in [2.45, 2.75) is 12.8 Å². The highest BCUT2D eigenvalue weighted by atomic mass is 16.2. The van der Waals surface area contributed by atoms with Crippen molar-refractivity contribution in [1.29, 1.82) is 5.26 Å². The first kappa shape index (κ1) is 11.3. The van der Waals surface area contributed by atoms with Crippen LogP contribution in [0.25, 0.3) is 0 Å². The van der Waals surface area contributed by atoms with Gasteiger partial charge in [0.2, 0.25) is 0 Å². The van der Waals surface area contributed by atoms with Gasteiger partial charge >= 0.3 is 0 Å². The van der Waals surface area contributed by atoms with Crippen LogP contribution in [0, 0.1) is 11.3 Å². The molecule has 0 bridgehead atoms. The third kappa shape index (κ3) is 2.48. The molecule has 1 aromatic heterocycles. The van der Waals surface area contributed by atoms with Crippen molar-refractivity contribution in [3.8, 4) is 6.07 Å². The second kappa shape index (κ2) is 4.74. The molecule has 2 rings (SSSR count). The summed E-state index contributed by atoms with van der Waals surface area (Å²) >= 11 is 0. The third-order valence-corrected chi connectivity index (χ3v) is 2.72. The number of hydrogen-bond acceptors (Lipinski definition) is 4. The van der Waals surface area contributed by atoms with Gasteiger partial charge in [-0.25, -0.2) is 4.98 Å². The lowest BCUT2D eigenvalue weighted by Crippen LogP contribution is -2.38. The van der Waals surface area contributed by atoms with Crippen molar-refractivity contribution in [1.82, 2.24) is 9.88 Å². The van der Waals surface area contributed by atoms with E-state index in [1.165, 1.54) is 12.3 Å². The molecule has 0 spiro atoms. The fourth-order valence-corrected chi connectivity index (χ4v) is 1.71. The fraction of sp³-hybridized carbons (Fsp3) is 0.333. The summed E-state index contributed by atoms with van der Waals surface area (Å²) in [5.74, 6) is 0.0174. The second-order valence-corrected chi connectivity index (χ2v) is 3.87. The minimum absolute atomic E-state index is 0.179. The minimum atomic E-state index is -0.179. The topological polar surface area (TPSA) is 74.1 Å². The molecule has 0 unspecified atom stereocenters. The van der Waals surface area contributed by atoms with Gasteiger partial charge < -0.3 is 4.90 Å². The number of pyridine rings is 1. The fourth-order valence-electron chi connectivity index (χ4n) is 1.71. The van der Waals surface area contributed by atoms with E-state index in [0.29, 0.717) is 37.2 Å². The minimum Gasteiger partial charge on any atom is -0.336 e. The molecule has 17 heavy (non-hydrogen) atoms. The first-order valence-electron chi connectivity index (χ1n) is 5.38. The molecule has 1 amide bonds. The molecule has 0 atom stereocenters. The number of likely N-dealkylation sites (tertiary alicyclic amines) is 1. The van der Waals surface area contributed by atoms with E-state index < -0.39 is 0 Å². The van der Waals surface area contributed by atoms with Gasteiger partial charge in [0.15, 0.2) is 0 Å². The van der Waals surface area contributed by atoms with Gasteiger partial charge in [-0.2, -0.15) is 5.26 Å². The second-order valence-electron chi connectivity index (χ2n) is 3.87. The molecular formula is C12H11N3O2. The van der Waals surface area contributed by atoms with Crippen LogP contribution in [-0.2, 0) is 4.79 Å². The summed E-state index contributed by atoms with van der Waals surface area (Å²) in [4.78, 5) is 28.6. The maximum Gasteiger partial charge on any atom is 0.272 e. The van der Waals surface area contributed by atoms with E-state index >= 15 is 0 Å². The van der Waals surface area contributed by atoms with E-state index in [1.807, 2.05) is 6.07 Å². The predicted octanol–water partition coefficient (Wildman–Crippen LogP) is 0.758. The zero-order chi connectivity index (χ0) is 12.3. The molecule has 0 N–H and O–H groups in total. The largest absolute Gasteiger partial charge is 0.336 e.